The van der Waals surface area contributed by atoms with E-state index in [4.69, 9.17) is 4.74 Å². The van der Waals surface area contributed by atoms with E-state index in [9.17, 15) is 19.2 Å². The molecule has 6 rings (SSSR count). The second-order valence-corrected chi connectivity index (χ2v) is 7.42. The van der Waals surface area contributed by atoms with Crippen molar-refractivity contribution in [3.8, 4) is 5.75 Å². The lowest BCUT2D eigenvalue weighted by atomic mass is 10.0. The Hall–Kier alpha value is -4.46. The third-order valence-electron chi connectivity index (χ3n) is 5.63. The molecule has 0 aliphatic carbocycles. The maximum atomic E-state index is 12.6. The molecule has 0 spiro atoms. The molecule has 8 heteroatoms. The highest BCUT2D eigenvalue weighted by molar-refractivity contribution is 6.31. The maximum absolute atomic E-state index is 12.6. The lowest BCUT2D eigenvalue weighted by Crippen LogP contribution is -2.08. The van der Waals surface area contributed by atoms with E-state index in [1.54, 1.807) is 18.2 Å². The molecule has 3 aromatic heterocycles. The quantitative estimate of drug-likeness (QED) is 0.412. The number of rotatable bonds is 3. The Bertz CT molecular complexity index is 1870. The molecule has 3 aromatic carbocycles. The van der Waals surface area contributed by atoms with Gasteiger partial charge in [0.2, 0.25) is 0 Å². The fraction of sp³-hybridized carbons (Fsp3) is 0.0435. The van der Waals surface area contributed by atoms with Crippen LogP contribution in [-0.4, -0.2) is 15.0 Å². The van der Waals surface area contributed by atoms with Crippen molar-refractivity contribution in [1.82, 2.24) is 15.0 Å². The van der Waals surface area contributed by atoms with Crippen molar-refractivity contribution in [1.29, 1.82) is 0 Å². The largest absolute Gasteiger partial charge is 0.489 e. The molecule has 0 amide bonds. The van der Waals surface area contributed by atoms with Gasteiger partial charge in [-0.1, -0.05) is 30.3 Å². The predicted octanol–water partition coefficient (Wildman–Crippen LogP) is 2.18. The monoisotopic (exact) mass is 411 g/mol. The fourth-order valence-electron chi connectivity index (χ4n) is 4.31. The number of hydrogen-bond acceptors (Lipinski definition) is 5. The molecule has 0 aliphatic rings. The van der Waals surface area contributed by atoms with E-state index in [2.05, 4.69) is 15.0 Å². The first kappa shape index (κ1) is 17.4. The SMILES string of the molecule is O=c1[nH]c(=O)c2c1c1[nH]c3ccc(OCc4ccccc4)cc3c1c1c(=O)[nH]c(=O)c21. The van der Waals surface area contributed by atoms with Crippen LogP contribution in [-0.2, 0) is 6.61 Å². The molecule has 150 valence electrons. The second-order valence-electron chi connectivity index (χ2n) is 7.42. The van der Waals surface area contributed by atoms with Crippen molar-refractivity contribution in [2.45, 2.75) is 6.61 Å². The number of ether oxygens (including phenoxy) is 1. The van der Waals surface area contributed by atoms with Crippen LogP contribution < -0.4 is 27.0 Å². The van der Waals surface area contributed by atoms with Crippen LogP contribution in [0.5, 0.6) is 5.75 Å². The third-order valence-corrected chi connectivity index (χ3v) is 5.63. The summed E-state index contributed by atoms with van der Waals surface area (Å²) in [6.45, 7) is 0.359. The molecule has 31 heavy (non-hydrogen) atoms. The molecule has 0 fully saturated rings. The zero-order valence-electron chi connectivity index (χ0n) is 15.9. The Labute approximate surface area is 171 Å². The van der Waals surface area contributed by atoms with Crippen LogP contribution in [0, 0.1) is 0 Å². The molecule has 0 unspecified atom stereocenters. The minimum Gasteiger partial charge on any atom is -0.489 e. The molecule has 0 saturated heterocycles. The average molecular weight is 411 g/mol. The molecule has 0 bridgehead atoms. The average Bonchev–Trinajstić information content (AvgIpc) is 3.38. The van der Waals surface area contributed by atoms with E-state index >= 15 is 0 Å². The van der Waals surface area contributed by atoms with Gasteiger partial charge in [0.1, 0.15) is 12.4 Å². The van der Waals surface area contributed by atoms with Gasteiger partial charge >= 0.3 is 0 Å². The van der Waals surface area contributed by atoms with Crippen LogP contribution in [0.2, 0.25) is 0 Å². The number of benzene rings is 3. The van der Waals surface area contributed by atoms with Gasteiger partial charge < -0.3 is 9.72 Å². The summed E-state index contributed by atoms with van der Waals surface area (Å²) >= 11 is 0. The van der Waals surface area contributed by atoms with Gasteiger partial charge in [0.15, 0.2) is 0 Å². The summed E-state index contributed by atoms with van der Waals surface area (Å²) in [5.41, 5.74) is -0.583. The summed E-state index contributed by atoms with van der Waals surface area (Å²) in [5.74, 6) is 0.566. The maximum Gasteiger partial charge on any atom is 0.261 e. The zero-order valence-corrected chi connectivity index (χ0v) is 15.9. The Morgan fingerprint density at radius 3 is 1.97 bits per heavy atom. The number of H-pyrrole nitrogens is 3. The first-order valence-electron chi connectivity index (χ1n) is 9.56. The molecular weight excluding hydrogens is 398 g/mol. The highest BCUT2D eigenvalue weighted by Crippen LogP contribution is 2.35. The Balaban J connectivity index is 1.69. The number of aromatic amines is 3. The standard InChI is InChI=1S/C23H13N3O5/c27-20-15-14-12-8-11(31-9-10-4-2-1-3-5-10)6-7-13(12)24-19(14)18-17(16(15)21(28)25-20)22(29)26-23(18)30/h1-8,24H,9H2,(H,25,27,28)(H,26,29,30). The minimum atomic E-state index is -0.687. The predicted molar refractivity (Wildman–Crippen MR) is 118 cm³/mol. The van der Waals surface area contributed by atoms with Crippen molar-refractivity contribution in [2.24, 2.45) is 0 Å². The van der Waals surface area contributed by atoms with Gasteiger partial charge in [0, 0.05) is 16.3 Å². The summed E-state index contributed by atoms with van der Waals surface area (Å²) < 4.78 is 5.90. The van der Waals surface area contributed by atoms with Gasteiger partial charge in [-0.05, 0) is 23.8 Å². The minimum absolute atomic E-state index is 0.0626. The van der Waals surface area contributed by atoms with Crippen LogP contribution in [0.1, 0.15) is 5.56 Å². The lowest BCUT2D eigenvalue weighted by Gasteiger charge is -2.06. The topological polar surface area (TPSA) is 125 Å². The summed E-state index contributed by atoms with van der Waals surface area (Å²) in [5, 5.41) is 1.08. The van der Waals surface area contributed by atoms with Gasteiger partial charge in [0.05, 0.1) is 27.1 Å². The molecule has 0 saturated carbocycles. The van der Waals surface area contributed by atoms with Gasteiger partial charge in [-0.25, -0.2) is 0 Å². The second kappa shape index (κ2) is 6.02. The van der Waals surface area contributed by atoms with E-state index in [1.807, 2.05) is 30.3 Å². The third kappa shape index (κ3) is 2.35. The zero-order chi connectivity index (χ0) is 21.3. The number of aromatic nitrogens is 3. The molecular formula is C23H13N3O5. The number of hydrogen-bond donors (Lipinski definition) is 3. The van der Waals surface area contributed by atoms with Crippen LogP contribution in [0.25, 0.3) is 43.4 Å². The highest BCUT2D eigenvalue weighted by atomic mass is 16.5. The van der Waals surface area contributed by atoms with E-state index < -0.39 is 22.2 Å². The van der Waals surface area contributed by atoms with Crippen LogP contribution in [0.4, 0.5) is 0 Å². The summed E-state index contributed by atoms with van der Waals surface area (Å²) in [6, 6.07) is 15.0. The molecule has 0 radical (unpaired) electrons. The van der Waals surface area contributed by atoms with Gasteiger partial charge in [-0.3, -0.25) is 29.1 Å². The van der Waals surface area contributed by atoms with Crippen molar-refractivity contribution >= 4 is 43.4 Å². The molecule has 0 aliphatic heterocycles. The first-order chi connectivity index (χ1) is 15.0. The summed E-state index contributed by atoms with van der Waals surface area (Å²) in [7, 11) is 0. The van der Waals surface area contributed by atoms with Crippen molar-refractivity contribution in [3.05, 3.63) is 95.5 Å². The van der Waals surface area contributed by atoms with Crippen LogP contribution in [0.15, 0.2) is 67.7 Å². The first-order valence-corrected chi connectivity index (χ1v) is 9.56. The Morgan fingerprint density at radius 1 is 0.645 bits per heavy atom. The Morgan fingerprint density at radius 2 is 1.26 bits per heavy atom. The van der Waals surface area contributed by atoms with E-state index in [1.165, 1.54) is 0 Å². The smallest absolute Gasteiger partial charge is 0.261 e. The fourth-order valence-corrected chi connectivity index (χ4v) is 4.31. The van der Waals surface area contributed by atoms with Gasteiger partial charge in [0.25, 0.3) is 22.2 Å². The lowest BCUT2D eigenvalue weighted by molar-refractivity contribution is 0.306. The van der Waals surface area contributed by atoms with Crippen molar-refractivity contribution < 1.29 is 4.74 Å². The Kier molecular flexibility index (Phi) is 3.38. The molecule has 3 heterocycles. The normalized spacial score (nSPS) is 11.9. The number of fused-ring (bicyclic) bond motifs is 8. The molecule has 3 N–H and O–H groups in total. The van der Waals surface area contributed by atoms with Crippen molar-refractivity contribution in [3.63, 3.8) is 0 Å². The van der Waals surface area contributed by atoms with E-state index in [0.717, 1.165) is 5.56 Å². The van der Waals surface area contributed by atoms with E-state index in [-0.39, 0.29) is 21.5 Å². The molecule has 8 nitrogen and oxygen atoms in total. The van der Waals surface area contributed by atoms with Crippen LogP contribution >= 0.6 is 0 Å². The van der Waals surface area contributed by atoms with E-state index in [0.29, 0.717) is 34.2 Å². The molecule has 6 aromatic rings. The van der Waals surface area contributed by atoms with Gasteiger partial charge in [-0.15, -0.1) is 0 Å². The summed E-state index contributed by atoms with van der Waals surface area (Å²) in [6.07, 6.45) is 0. The number of nitrogens with one attached hydrogen (secondary N) is 3. The van der Waals surface area contributed by atoms with Crippen LogP contribution in [0.3, 0.4) is 0 Å². The van der Waals surface area contributed by atoms with Crippen molar-refractivity contribution in [2.75, 3.05) is 0 Å². The van der Waals surface area contributed by atoms with Gasteiger partial charge in [-0.2, -0.15) is 0 Å². The highest BCUT2D eigenvalue weighted by Gasteiger charge is 2.24. The summed E-state index contributed by atoms with van der Waals surface area (Å²) in [4.78, 5) is 57.5. The molecule has 0 atom stereocenters.